The number of aromatic hydroxyl groups is 1. The van der Waals surface area contributed by atoms with E-state index in [4.69, 9.17) is 32.7 Å². The van der Waals surface area contributed by atoms with Crippen molar-refractivity contribution in [3.05, 3.63) is 57.3 Å². The lowest BCUT2D eigenvalue weighted by atomic mass is 10.1. The molecule has 2 aromatic rings. The predicted molar refractivity (Wildman–Crippen MR) is 84.1 cm³/mol. The van der Waals surface area contributed by atoms with Crippen molar-refractivity contribution in [3.8, 4) is 17.2 Å². The monoisotopic (exact) mass is 336 g/mol. The molecule has 0 bridgehead atoms. The van der Waals surface area contributed by atoms with Crippen molar-refractivity contribution < 1.29 is 19.4 Å². The van der Waals surface area contributed by atoms with Crippen molar-refractivity contribution in [1.29, 1.82) is 0 Å². The van der Waals surface area contributed by atoms with Crippen molar-refractivity contribution in [2.45, 2.75) is 0 Å². The summed E-state index contributed by atoms with van der Waals surface area (Å²) in [6, 6.07) is 7.74. The van der Waals surface area contributed by atoms with Gasteiger partial charge in [0.2, 0.25) is 5.78 Å². The lowest BCUT2D eigenvalue weighted by molar-refractivity contribution is 0.101. The zero-order valence-corrected chi connectivity index (χ0v) is 12.9. The molecule has 0 saturated heterocycles. The van der Waals surface area contributed by atoms with Crippen LogP contribution in [0, 0.1) is 0 Å². The molecular weight excluding hydrogens is 327 g/mol. The number of carbonyl (C=O) groups excluding carboxylic acids is 1. The first-order chi connectivity index (χ1) is 10.5. The van der Waals surface area contributed by atoms with Crippen LogP contribution in [0.25, 0.3) is 6.08 Å². The van der Waals surface area contributed by atoms with Crippen LogP contribution in [0.2, 0.25) is 10.0 Å². The molecule has 0 saturated carbocycles. The second-order valence-electron chi connectivity index (χ2n) is 4.64. The minimum absolute atomic E-state index is 0.0152. The maximum absolute atomic E-state index is 12.3. The number of methoxy groups -OCH3 is 1. The molecule has 22 heavy (non-hydrogen) atoms. The summed E-state index contributed by atoms with van der Waals surface area (Å²) in [7, 11) is 1.45. The zero-order valence-electron chi connectivity index (χ0n) is 11.4. The molecular formula is C16H10Cl2O4. The lowest BCUT2D eigenvalue weighted by Crippen LogP contribution is -1.98. The second-order valence-corrected chi connectivity index (χ2v) is 5.48. The highest BCUT2D eigenvalue weighted by Crippen LogP contribution is 2.40. The van der Waals surface area contributed by atoms with Crippen LogP contribution in [0.5, 0.6) is 17.2 Å². The van der Waals surface area contributed by atoms with Gasteiger partial charge in [-0.2, -0.15) is 0 Å². The Morgan fingerprint density at radius 1 is 1.23 bits per heavy atom. The van der Waals surface area contributed by atoms with Crippen molar-refractivity contribution in [1.82, 2.24) is 0 Å². The Kier molecular flexibility index (Phi) is 3.72. The fourth-order valence-corrected chi connectivity index (χ4v) is 2.68. The number of rotatable bonds is 2. The zero-order chi connectivity index (χ0) is 15.9. The Morgan fingerprint density at radius 2 is 2.00 bits per heavy atom. The predicted octanol–water partition coefficient (Wildman–Crippen LogP) is 4.32. The summed E-state index contributed by atoms with van der Waals surface area (Å²) < 4.78 is 10.6. The van der Waals surface area contributed by atoms with E-state index in [1.165, 1.54) is 25.3 Å². The van der Waals surface area contributed by atoms with Gasteiger partial charge in [-0.05, 0) is 35.9 Å². The Morgan fingerprint density at radius 3 is 2.73 bits per heavy atom. The number of phenolic OH excluding ortho intramolecular Hbond substituents is 1. The van der Waals surface area contributed by atoms with Crippen LogP contribution in [0.1, 0.15) is 15.9 Å². The molecule has 0 spiro atoms. The van der Waals surface area contributed by atoms with E-state index in [9.17, 15) is 9.90 Å². The normalized spacial score (nSPS) is 14.9. The quantitative estimate of drug-likeness (QED) is 0.829. The smallest absolute Gasteiger partial charge is 0.232 e. The molecule has 3 rings (SSSR count). The Hall–Kier alpha value is -2.17. The van der Waals surface area contributed by atoms with Gasteiger partial charge in [-0.1, -0.05) is 29.3 Å². The highest BCUT2D eigenvalue weighted by Gasteiger charge is 2.30. The van der Waals surface area contributed by atoms with Gasteiger partial charge in [0.15, 0.2) is 23.0 Å². The van der Waals surface area contributed by atoms with E-state index in [0.29, 0.717) is 27.6 Å². The largest absolute Gasteiger partial charge is 0.504 e. The molecule has 2 aromatic carbocycles. The highest BCUT2D eigenvalue weighted by atomic mass is 35.5. The average molecular weight is 337 g/mol. The minimum Gasteiger partial charge on any atom is -0.504 e. The first-order valence-corrected chi connectivity index (χ1v) is 7.05. The Balaban J connectivity index is 2.01. The average Bonchev–Trinajstić information content (AvgIpc) is 2.79. The molecule has 1 aliphatic heterocycles. The standard InChI is InChI=1S/C16H10Cl2O4/c1-21-13-4-8(2-3-12(13)19)5-14-15(20)10-6-9(17)7-11(18)16(10)22-14/h2-7,19H,1H3/b14-5-. The Labute approximate surface area is 136 Å². The number of carbonyl (C=O) groups is 1. The number of Topliss-reactive ketones (excluding diaryl/α,β-unsaturated/α-hetero) is 1. The van der Waals surface area contributed by atoms with E-state index in [0.717, 1.165) is 0 Å². The molecule has 0 unspecified atom stereocenters. The van der Waals surface area contributed by atoms with Crippen molar-refractivity contribution in [2.75, 3.05) is 7.11 Å². The third kappa shape index (κ3) is 2.51. The van der Waals surface area contributed by atoms with Crippen LogP contribution in [0.3, 0.4) is 0 Å². The molecule has 0 radical (unpaired) electrons. The van der Waals surface area contributed by atoms with Crippen LogP contribution in [-0.2, 0) is 0 Å². The fraction of sp³-hybridized carbons (Fsp3) is 0.0625. The number of ketones is 1. The number of allylic oxidation sites excluding steroid dienone is 1. The van der Waals surface area contributed by atoms with Gasteiger partial charge in [-0.15, -0.1) is 0 Å². The summed E-state index contributed by atoms with van der Waals surface area (Å²) in [5.74, 6) is 0.450. The lowest BCUT2D eigenvalue weighted by Gasteiger charge is -2.04. The van der Waals surface area contributed by atoms with Gasteiger partial charge in [0, 0.05) is 5.02 Å². The molecule has 0 atom stereocenters. The second kappa shape index (κ2) is 5.55. The molecule has 1 N–H and O–H groups in total. The maximum Gasteiger partial charge on any atom is 0.232 e. The number of benzene rings is 2. The third-order valence-electron chi connectivity index (χ3n) is 3.19. The summed E-state index contributed by atoms with van der Waals surface area (Å²) in [6.45, 7) is 0. The van der Waals surface area contributed by atoms with Crippen LogP contribution in [0.4, 0.5) is 0 Å². The number of hydrogen-bond donors (Lipinski definition) is 1. The first-order valence-electron chi connectivity index (χ1n) is 6.30. The number of phenols is 1. The van der Waals surface area contributed by atoms with E-state index >= 15 is 0 Å². The topological polar surface area (TPSA) is 55.8 Å². The van der Waals surface area contributed by atoms with Gasteiger partial charge in [0.1, 0.15) is 0 Å². The molecule has 112 valence electrons. The van der Waals surface area contributed by atoms with Crippen LogP contribution >= 0.6 is 23.2 Å². The highest BCUT2D eigenvalue weighted by molar-refractivity contribution is 6.37. The number of halogens is 2. The molecule has 0 amide bonds. The van der Waals surface area contributed by atoms with Crippen molar-refractivity contribution in [2.24, 2.45) is 0 Å². The van der Waals surface area contributed by atoms with E-state index < -0.39 is 0 Å². The molecule has 0 aromatic heterocycles. The van der Waals surface area contributed by atoms with Gasteiger partial charge in [0.25, 0.3) is 0 Å². The summed E-state index contributed by atoms with van der Waals surface area (Å²) in [5, 5.41) is 10.2. The van der Waals surface area contributed by atoms with Crippen molar-refractivity contribution in [3.63, 3.8) is 0 Å². The van der Waals surface area contributed by atoms with Crippen LogP contribution in [0.15, 0.2) is 36.1 Å². The van der Waals surface area contributed by atoms with E-state index in [-0.39, 0.29) is 22.3 Å². The number of ether oxygens (including phenoxy) is 2. The van der Waals surface area contributed by atoms with Gasteiger partial charge < -0.3 is 14.6 Å². The van der Waals surface area contributed by atoms with E-state index in [2.05, 4.69) is 0 Å². The summed E-state index contributed by atoms with van der Waals surface area (Å²) in [4.78, 5) is 12.3. The summed E-state index contributed by atoms with van der Waals surface area (Å²) in [6.07, 6.45) is 1.55. The number of fused-ring (bicyclic) bond motifs is 1. The van der Waals surface area contributed by atoms with Gasteiger partial charge in [0.05, 0.1) is 17.7 Å². The number of hydrogen-bond acceptors (Lipinski definition) is 4. The maximum atomic E-state index is 12.3. The van der Waals surface area contributed by atoms with Gasteiger partial charge in [-0.3, -0.25) is 4.79 Å². The van der Waals surface area contributed by atoms with Crippen molar-refractivity contribution >= 4 is 35.1 Å². The first kappa shape index (κ1) is 14.8. The molecule has 0 fully saturated rings. The van der Waals surface area contributed by atoms with Gasteiger partial charge >= 0.3 is 0 Å². The van der Waals surface area contributed by atoms with E-state index in [1.54, 1.807) is 18.2 Å². The molecule has 0 aliphatic carbocycles. The SMILES string of the molecule is COc1cc(/C=C2\Oc3c(Cl)cc(Cl)cc3C2=O)ccc1O. The van der Waals surface area contributed by atoms with E-state index in [1.807, 2.05) is 0 Å². The van der Waals surface area contributed by atoms with Gasteiger partial charge in [-0.25, -0.2) is 0 Å². The molecule has 1 heterocycles. The fourth-order valence-electron chi connectivity index (χ4n) is 2.15. The summed E-state index contributed by atoms with van der Waals surface area (Å²) >= 11 is 11.9. The molecule has 4 nitrogen and oxygen atoms in total. The third-order valence-corrected chi connectivity index (χ3v) is 3.69. The summed E-state index contributed by atoms with van der Waals surface area (Å²) in [5.41, 5.74) is 0.975. The molecule has 1 aliphatic rings. The van der Waals surface area contributed by atoms with Crippen LogP contribution < -0.4 is 9.47 Å². The molecule has 6 heteroatoms. The minimum atomic E-state index is -0.300. The van der Waals surface area contributed by atoms with Crippen LogP contribution in [-0.4, -0.2) is 18.0 Å². The Bertz CT molecular complexity index is 812.